The Kier molecular flexibility index (Phi) is 3.79. The minimum Gasteiger partial charge on any atom is -0.336 e. The van der Waals surface area contributed by atoms with Crippen molar-refractivity contribution < 1.29 is 9.59 Å². The lowest BCUT2D eigenvalue weighted by Gasteiger charge is -2.18. The van der Waals surface area contributed by atoms with E-state index >= 15 is 0 Å². The summed E-state index contributed by atoms with van der Waals surface area (Å²) in [6.45, 7) is 2.91. The third-order valence-corrected chi connectivity index (χ3v) is 4.57. The first-order valence-electron chi connectivity index (χ1n) is 6.96. The number of carbonyl (C=O) groups excluding carboxylic acids is 2. The molecule has 0 saturated carbocycles. The van der Waals surface area contributed by atoms with Gasteiger partial charge in [-0.25, -0.2) is 14.5 Å². The van der Waals surface area contributed by atoms with Gasteiger partial charge >= 0.3 is 12.1 Å². The summed E-state index contributed by atoms with van der Waals surface area (Å²) in [6.07, 6.45) is 0.755. The van der Waals surface area contributed by atoms with Crippen molar-refractivity contribution in [3.05, 3.63) is 35.2 Å². The number of amides is 4. The van der Waals surface area contributed by atoms with Crippen LogP contribution in [0, 0.1) is 0 Å². The number of rotatable bonds is 3. The summed E-state index contributed by atoms with van der Waals surface area (Å²) in [5, 5.41) is 8.88. The van der Waals surface area contributed by atoms with E-state index in [4.69, 9.17) is 0 Å². The molecule has 1 saturated heterocycles. The number of nitrogens with one attached hydrogen (secondary N) is 2. The van der Waals surface area contributed by atoms with E-state index in [0.717, 1.165) is 6.42 Å². The van der Waals surface area contributed by atoms with Gasteiger partial charge in [0.1, 0.15) is 0 Å². The highest BCUT2D eigenvalue weighted by atomic mass is 32.1. The minimum absolute atomic E-state index is 0.0242. The Morgan fingerprint density at radius 3 is 3.05 bits per heavy atom. The summed E-state index contributed by atoms with van der Waals surface area (Å²) >= 11 is 1.71. The fourth-order valence-electron chi connectivity index (χ4n) is 2.53. The molecule has 1 aromatic carbocycles. The number of hydrogen-bond acceptors (Lipinski definition) is 3. The Labute approximate surface area is 126 Å². The molecular weight excluding hydrogens is 286 g/mol. The van der Waals surface area contributed by atoms with Gasteiger partial charge in [-0.3, -0.25) is 0 Å². The van der Waals surface area contributed by atoms with E-state index in [0.29, 0.717) is 13.1 Å². The lowest BCUT2D eigenvalue weighted by Crippen LogP contribution is -2.45. The lowest BCUT2D eigenvalue weighted by molar-refractivity contribution is 0.196. The van der Waals surface area contributed by atoms with Gasteiger partial charge in [-0.2, -0.15) is 0 Å². The largest absolute Gasteiger partial charge is 0.336 e. The van der Waals surface area contributed by atoms with Gasteiger partial charge in [0.15, 0.2) is 0 Å². The first-order chi connectivity index (χ1) is 10.1. The highest BCUT2D eigenvalue weighted by molar-refractivity contribution is 7.17. The molecule has 1 aliphatic heterocycles. The molecule has 3 rings (SSSR count). The molecule has 1 fully saturated rings. The van der Waals surface area contributed by atoms with Crippen molar-refractivity contribution in [2.45, 2.75) is 19.4 Å². The lowest BCUT2D eigenvalue weighted by atomic mass is 10.1. The Morgan fingerprint density at radius 1 is 1.48 bits per heavy atom. The maximum absolute atomic E-state index is 12.0. The van der Waals surface area contributed by atoms with Crippen LogP contribution in [-0.2, 0) is 6.42 Å². The van der Waals surface area contributed by atoms with Gasteiger partial charge in [0, 0.05) is 23.8 Å². The number of thiophene rings is 1. The third kappa shape index (κ3) is 2.85. The normalized spacial score (nSPS) is 16.0. The predicted molar refractivity (Wildman–Crippen MR) is 83.6 cm³/mol. The Balaban J connectivity index is 1.65. The van der Waals surface area contributed by atoms with Crippen molar-refractivity contribution in [2.75, 3.05) is 13.1 Å². The van der Waals surface area contributed by atoms with Crippen LogP contribution >= 0.6 is 11.3 Å². The molecule has 6 heteroatoms. The van der Waals surface area contributed by atoms with Crippen molar-refractivity contribution in [1.82, 2.24) is 15.5 Å². The van der Waals surface area contributed by atoms with Crippen LogP contribution in [0.5, 0.6) is 0 Å². The summed E-state index contributed by atoms with van der Waals surface area (Å²) in [5.74, 6) is 0. The van der Waals surface area contributed by atoms with Crippen molar-refractivity contribution in [2.24, 2.45) is 0 Å². The summed E-state index contributed by atoms with van der Waals surface area (Å²) in [6, 6.07) is 7.59. The van der Waals surface area contributed by atoms with E-state index in [-0.39, 0.29) is 18.1 Å². The van der Waals surface area contributed by atoms with Gasteiger partial charge in [0.25, 0.3) is 0 Å². The van der Waals surface area contributed by atoms with E-state index in [1.165, 1.54) is 20.5 Å². The molecule has 2 N–H and O–H groups in total. The topological polar surface area (TPSA) is 61.4 Å². The maximum atomic E-state index is 12.0. The quantitative estimate of drug-likeness (QED) is 0.915. The van der Waals surface area contributed by atoms with Gasteiger partial charge in [-0.15, -0.1) is 11.3 Å². The molecule has 0 spiro atoms. The zero-order chi connectivity index (χ0) is 14.8. The molecule has 0 radical (unpaired) electrons. The third-order valence-electron chi connectivity index (χ3n) is 3.56. The van der Waals surface area contributed by atoms with Crippen LogP contribution in [0.3, 0.4) is 0 Å². The highest BCUT2D eigenvalue weighted by Gasteiger charge is 2.26. The standard InChI is InChI=1S/C15H17N3O2S/c1-10(17-15(20)18-7-6-16-14(18)19)8-11-9-21-13-5-3-2-4-12(11)13/h2-5,9-10H,6-8H2,1H3,(H,16,19)(H,17,20)/t10-/m1/s1. The first kappa shape index (κ1) is 13.9. The summed E-state index contributed by atoms with van der Waals surface area (Å²) in [5.41, 5.74) is 1.23. The van der Waals surface area contributed by atoms with E-state index in [1.54, 1.807) is 11.3 Å². The number of benzene rings is 1. The second-order valence-corrected chi connectivity index (χ2v) is 6.11. The number of fused-ring (bicyclic) bond motifs is 1. The number of carbonyl (C=O) groups is 2. The van der Waals surface area contributed by atoms with Crippen LogP contribution in [-0.4, -0.2) is 36.1 Å². The first-order valence-corrected chi connectivity index (χ1v) is 7.84. The number of hydrogen-bond donors (Lipinski definition) is 2. The number of imide groups is 1. The molecule has 1 aromatic heterocycles. The molecule has 1 atom stereocenters. The summed E-state index contributed by atoms with van der Waals surface area (Å²) < 4.78 is 1.25. The van der Waals surface area contributed by atoms with Gasteiger partial charge < -0.3 is 10.6 Å². The Morgan fingerprint density at radius 2 is 2.29 bits per heavy atom. The van der Waals surface area contributed by atoms with Crippen LogP contribution in [0.15, 0.2) is 29.6 Å². The number of nitrogens with zero attached hydrogens (tertiary/aromatic N) is 1. The average molecular weight is 303 g/mol. The zero-order valence-electron chi connectivity index (χ0n) is 11.8. The fourth-order valence-corrected chi connectivity index (χ4v) is 3.50. The zero-order valence-corrected chi connectivity index (χ0v) is 12.6. The van der Waals surface area contributed by atoms with E-state index in [2.05, 4.69) is 28.1 Å². The van der Waals surface area contributed by atoms with Gasteiger partial charge in [-0.1, -0.05) is 18.2 Å². The molecular formula is C15H17N3O2S. The SMILES string of the molecule is C[C@H](Cc1csc2ccccc12)NC(=O)N1CCNC1=O. The van der Waals surface area contributed by atoms with Gasteiger partial charge in [-0.05, 0) is 35.7 Å². The molecule has 0 aliphatic carbocycles. The van der Waals surface area contributed by atoms with Crippen molar-refractivity contribution >= 4 is 33.5 Å². The molecule has 4 amide bonds. The minimum atomic E-state index is -0.322. The molecule has 1 aliphatic rings. The van der Waals surface area contributed by atoms with Crippen LogP contribution in [0.4, 0.5) is 9.59 Å². The van der Waals surface area contributed by atoms with Crippen LogP contribution in [0.2, 0.25) is 0 Å². The highest BCUT2D eigenvalue weighted by Crippen LogP contribution is 2.26. The molecule has 110 valence electrons. The predicted octanol–water partition coefficient (Wildman–Crippen LogP) is 2.57. The second kappa shape index (κ2) is 5.73. The number of urea groups is 2. The fraction of sp³-hybridized carbons (Fsp3) is 0.333. The van der Waals surface area contributed by atoms with Gasteiger partial charge in [0.2, 0.25) is 0 Å². The van der Waals surface area contributed by atoms with E-state index in [9.17, 15) is 9.59 Å². The van der Waals surface area contributed by atoms with Crippen LogP contribution in [0.25, 0.3) is 10.1 Å². The molecule has 0 bridgehead atoms. The Bertz CT molecular complexity index is 682. The van der Waals surface area contributed by atoms with Crippen molar-refractivity contribution in [3.63, 3.8) is 0 Å². The Hall–Kier alpha value is -2.08. The van der Waals surface area contributed by atoms with Crippen LogP contribution < -0.4 is 10.6 Å². The molecule has 0 unspecified atom stereocenters. The van der Waals surface area contributed by atoms with Crippen molar-refractivity contribution in [1.29, 1.82) is 0 Å². The van der Waals surface area contributed by atoms with Crippen LogP contribution in [0.1, 0.15) is 12.5 Å². The second-order valence-electron chi connectivity index (χ2n) is 5.20. The molecule has 2 heterocycles. The average Bonchev–Trinajstić information content (AvgIpc) is 3.06. The van der Waals surface area contributed by atoms with E-state index < -0.39 is 0 Å². The summed E-state index contributed by atoms with van der Waals surface area (Å²) in [7, 11) is 0. The van der Waals surface area contributed by atoms with E-state index in [1.807, 2.05) is 19.1 Å². The van der Waals surface area contributed by atoms with Crippen molar-refractivity contribution in [3.8, 4) is 0 Å². The summed E-state index contributed by atoms with van der Waals surface area (Å²) in [4.78, 5) is 24.7. The van der Waals surface area contributed by atoms with Gasteiger partial charge in [0.05, 0.1) is 0 Å². The smallest absolute Gasteiger partial charge is 0.325 e. The molecule has 2 aromatic rings. The molecule has 21 heavy (non-hydrogen) atoms. The molecule has 5 nitrogen and oxygen atoms in total. The monoisotopic (exact) mass is 303 g/mol. The maximum Gasteiger partial charge on any atom is 0.325 e.